The van der Waals surface area contributed by atoms with Gasteiger partial charge in [0.2, 0.25) is 0 Å². The van der Waals surface area contributed by atoms with Crippen LogP contribution in [0, 0.1) is 0 Å². The molecular weight excluding hydrogens is 585 g/mol. The summed E-state index contributed by atoms with van der Waals surface area (Å²) in [5.41, 5.74) is 14.3. The van der Waals surface area contributed by atoms with Crippen LogP contribution >= 0.6 is 0 Å². The Balaban J connectivity index is 1.12. The van der Waals surface area contributed by atoms with Crippen LogP contribution in [-0.4, -0.2) is 9.13 Å². The van der Waals surface area contributed by atoms with Crippen LogP contribution in [0.25, 0.3) is 88.1 Å². The smallest absolute Gasteiger partial charge is 0.136 e. The third-order valence-electron chi connectivity index (χ3n) is 10.9. The Hall–Kier alpha value is -6.06. The van der Waals surface area contributed by atoms with Gasteiger partial charge in [-0.1, -0.05) is 98.8 Å². The summed E-state index contributed by atoms with van der Waals surface area (Å²) >= 11 is 0. The summed E-state index contributed by atoms with van der Waals surface area (Å²) in [5.74, 6) is 0. The minimum absolute atomic E-state index is 0.178. The minimum Gasteiger partial charge on any atom is -0.456 e. The van der Waals surface area contributed by atoms with Gasteiger partial charge in [0, 0.05) is 49.1 Å². The second-order valence-electron chi connectivity index (χ2n) is 13.7. The summed E-state index contributed by atoms with van der Waals surface area (Å²) in [6.07, 6.45) is 0. The van der Waals surface area contributed by atoms with Crippen LogP contribution in [0.3, 0.4) is 0 Å². The Morgan fingerprint density at radius 1 is 0.417 bits per heavy atom. The minimum atomic E-state index is -0.178. The second kappa shape index (κ2) is 9.05. The molecule has 226 valence electrons. The fraction of sp³-hybridized carbons (Fsp3) is 0.0667. The SMILES string of the molecule is CC1(C)c2cc(-n3c4ccccc4c4ccccc43)ccc2-c2ccc(-n3c4ccccc4c4c5c(ccc43)oc3ccccc35)cc21. The molecule has 0 saturated heterocycles. The maximum absolute atomic E-state index is 6.32. The lowest BCUT2D eigenvalue weighted by Crippen LogP contribution is -2.16. The van der Waals surface area contributed by atoms with Gasteiger partial charge in [0.15, 0.2) is 0 Å². The quantitative estimate of drug-likeness (QED) is 0.190. The van der Waals surface area contributed by atoms with Gasteiger partial charge in [0.25, 0.3) is 0 Å². The standard InChI is InChI=1S/C45H30N2O/c1-45(2)35-25-27(46-37-15-7-3-11-31(37)32-12-4-8-16-38(32)46)19-21-29(35)30-22-20-28(26-36(30)45)47-39-17-9-5-13-33(39)43-40(47)23-24-42-44(43)34-14-6-10-18-41(34)48-42/h3-26H,1-2H3. The molecule has 3 heteroatoms. The van der Waals surface area contributed by atoms with E-state index < -0.39 is 0 Å². The lowest BCUT2D eigenvalue weighted by Gasteiger charge is -2.23. The number of benzene rings is 7. The third kappa shape index (κ3) is 3.23. The summed E-state index contributed by atoms with van der Waals surface area (Å²) in [6, 6.07) is 53.1. The maximum atomic E-state index is 6.32. The first-order chi connectivity index (χ1) is 23.6. The van der Waals surface area contributed by atoms with Crippen molar-refractivity contribution in [3.8, 4) is 22.5 Å². The number of aromatic nitrogens is 2. The Bertz CT molecular complexity index is 2930. The second-order valence-corrected chi connectivity index (χ2v) is 13.7. The first-order valence-corrected chi connectivity index (χ1v) is 16.7. The third-order valence-corrected chi connectivity index (χ3v) is 10.9. The van der Waals surface area contributed by atoms with E-state index in [2.05, 4.69) is 163 Å². The van der Waals surface area contributed by atoms with Gasteiger partial charge in [-0.15, -0.1) is 0 Å². The number of hydrogen-bond acceptors (Lipinski definition) is 1. The average Bonchev–Trinajstić information content (AvgIpc) is 3.83. The molecule has 0 N–H and O–H groups in total. The van der Waals surface area contributed by atoms with Crippen molar-refractivity contribution in [1.82, 2.24) is 9.13 Å². The van der Waals surface area contributed by atoms with E-state index >= 15 is 0 Å². The molecule has 0 radical (unpaired) electrons. The summed E-state index contributed by atoms with van der Waals surface area (Å²) < 4.78 is 11.2. The molecule has 1 aliphatic rings. The molecule has 3 heterocycles. The molecule has 48 heavy (non-hydrogen) atoms. The van der Waals surface area contributed by atoms with E-state index in [0.717, 1.165) is 16.6 Å². The van der Waals surface area contributed by atoms with Crippen LogP contribution in [0.5, 0.6) is 0 Å². The highest BCUT2D eigenvalue weighted by Gasteiger charge is 2.36. The molecule has 10 aromatic rings. The Morgan fingerprint density at radius 3 is 1.54 bits per heavy atom. The van der Waals surface area contributed by atoms with Crippen molar-refractivity contribution in [2.45, 2.75) is 19.3 Å². The van der Waals surface area contributed by atoms with Crippen LogP contribution in [0.1, 0.15) is 25.0 Å². The van der Waals surface area contributed by atoms with E-state index in [1.807, 2.05) is 6.07 Å². The predicted molar refractivity (Wildman–Crippen MR) is 200 cm³/mol. The van der Waals surface area contributed by atoms with E-state index in [1.165, 1.54) is 82.6 Å². The van der Waals surface area contributed by atoms with Gasteiger partial charge in [-0.2, -0.15) is 0 Å². The Morgan fingerprint density at radius 2 is 0.917 bits per heavy atom. The van der Waals surface area contributed by atoms with Crippen molar-refractivity contribution in [1.29, 1.82) is 0 Å². The molecule has 7 aromatic carbocycles. The lowest BCUT2D eigenvalue weighted by molar-refractivity contribution is 0.659. The van der Waals surface area contributed by atoms with Crippen LogP contribution in [0.15, 0.2) is 150 Å². The molecule has 3 aromatic heterocycles. The number of rotatable bonds is 2. The van der Waals surface area contributed by atoms with Crippen molar-refractivity contribution < 1.29 is 4.42 Å². The lowest BCUT2D eigenvalue weighted by atomic mass is 9.82. The monoisotopic (exact) mass is 614 g/mol. The molecule has 0 aliphatic heterocycles. The topological polar surface area (TPSA) is 23.0 Å². The first-order valence-electron chi connectivity index (χ1n) is 16.7. The van der Waals surface area contributed by atoms with Crippen molar-refractivity contribution in [3.63, 3.8) is 0 Å². The zero-order valence-electron chi connectivity index (χ0n) is 26.7. The first kappa shape index (κ1) is 26.1. The largest absolute Gasteiger partial charge is 0.456 e. The molecule has 0 saturated carbocycles. The normalized spacial score (nSPS) is 13.8. The highest BCUT2D eigenvalue weighted by atomic mass is 16.3. The van der Waals surface area contributed by atoms with E-state index in [-0.39, 0.29) is 5.41 Å². The molecule has 1 aliphatic carbocycles. The zero-order chi connectivity index (χ0) is 31.7. The highest BCUT2D eigenvalue weighted by molar-refractivity contribution is 6.27. The van der Waals surface area contributed by atoms with Crippen molar-refractivity contribution in [3.05, 3.63) is 157 Å². The zero-order valence-corrected chi connectivity index (χ0v) is 26.7. The summed E-state index contributed by atoms with van der Waals surface area (Å²) in [4.78, 5) is 0. The van der Waals surface area contributed by atoms with Gasteiger partial charge in [-0.3, -0.25) is 0 Å². The number of para-hydroxylation sites is 4. The van der Waals surface area contributed by atoms with E-state index in [9.17, 15) is 0 Å². The van der Waals surface area contributed by atoms with Gasteiger partial charge >= 0.3 is 0 Å². The van der Waals surface area contributed by atoms with Gasteiger partial charge in [-0.25, -0.2) is 0 Å². The molecule has 3 nitrogen and oxygen atoms in total. The molecule has 0 unspecified atom stereocenters. The van der Waals surface area contributed by atoms with Gasteiger partial charge in [0.1, 0.15) is 11.2 Å². The molecule has 0 fully saturated rings. The van der Waals surface area contributed by atoms with Crippen LogP contribution in [0.2, 0.25) is 0 Å². The average molecular weight is 615 g/mol. The van der Waals surface area contributed by atoms with E-state index in [4.69, 9.17) is 4.42 Å². The number of fused-ring (bicyclic) bond motifs is 13. The van der Waals surface area contributed by atoms with Crippen molar-refractivity contribution >= 4 is 65.6 Å². The van der Waals surface area contributed by atoms with E-state index in [1.54, 1.807) is 0 Å². The van der Waals surface area contributed by atoms with Crippen molar-refractivity contribution in [2.24, 2.45) is 0 Å². The van der Waals surface area contributed by atoms with Gasteiger partial charge in [0.05, 0.1) is 22.1 Å². The van der Waals surface area contributed by atoms with Crippen LogP contribution in [0.4, 0.5) is 0 Å². The fourth-order valence-electron chi connectivity index (χ4n) is 8.74. The molecule has 0 spiro atoms. The van der Waals surface area contributed by atoms with E-state index in [0.29, 0.717) is 0 Å². The molecular formula is C45H30N2O. The summed E-state index contributed by atoms with van der Waals surface area (Å²) in [7, 11) is 0. The Kier molecular flexibility index (Phi) is 4.91. The Labute approximate surface area is 276 Å². The number of hydrogen-bond donors (Lipinski definition) is 0. The number of furan rings is 1. The fourth-order valence-corrected chi connectivity index (χ4v) is 8.74. The van der Waals surface area contributed by atoms with Crippen molar-refractivity contribution in [2.75, 3.05) is 0 Å². The molecule has 0 atom stereocenters. The predicted octanol–water partition coefficient (Wildman–Crippen LogP) is 12.1. The number of nitrogens with zero attached hydrogens (tertiary/aromatic N) is 2. The molecule has 0 amide bonds. The van der Waals surface area contributed by atoms with Crippen LogP contribution < -0.4 is 0 Å². The molecule has 0 bridgehead atoms. The van der Waals surface area contributed by atoms with Gasteiger partial charge in [-0.05, 0) is 82.9 Å². The summed E-state index contributed by atoms with van der Waals surface area (Å²) in [6.45, 7) is 4.76. The van der Waals surface area contributed by atoms with Crippen LogP contribution in [-0.2, 0) is 5.41 Å². The maximum Gasteiger partial charge on any atom is 0.136 e. The van der Waals surface area contributed by atoms with Gasteiger partial charge < -0.3 is 13.6 Å². The highest BCUT2D eigenvalue weighted by Crippen LogP contribution is 2.51. The summed E-state index contributed by atoms with van der Waals surface area (Å²) in [5, 5.41) is 7.39. The molecule has 11 rings (SSSR count).